The molecule has 0 aliphatic heterocycles. The van der Waals surface area contributed by atoms with Crippen LogP contribution in [0.5, 0.6) is 0 Å². The van der Waals surface area contributed by atoms with E-state index in [1.54, 1.807) is 38.2 Å². The summed E-state index contributed by atoms with van der Waals surface area (Å²) in [4.78, 5) is 15.4. The van der Waals surface area contributed by atoms with Crippen molar-refractivity contribution in [3.05, 3.63) is 30.1 Å². The number of pyridine rings is 1. The average molecular weight is 314 g/mol. The van der Waals surface area contributed by atoms with Crippen LogP contribution in [-0.2, 0) is 21.2 Å². The minimum absolute atomic E-state index is 0.0834. The molecule has 0 aliphatic carbocycles. The van der Waals surface area contributed by atoms with Crippen LogP contribution in [0, 0.1) is 5.41 Å². The lowest BCUT2D eigenvalue weighted by Gasteiger charge is -2.26. The Morgan fingerprint density at radius 3 is 2.48 bits per heavy atom. The van der Waals surface area contributed by atoms with Crippen LogP contribution in [-0.4, -0.2) is 36.8 Å². The highest BCUT2D eigenvalue weighted by Gasteiger charge is 2.35. The van der Waals surface area contributed by atoms with E-state index < -0.39 is 21.4 Å². The standard InChI is InChI=1S/C14H22N2O4S/c1-3-14(4-2,13(17)18)11-16-21(19,20)10-8-12-7-5-6-9-15-12/h5-7,9,16H,3-4,8,10-11H2,1-2H3,(H,17,18). The van der Waals surface area contributed by atoms with E-state index in [1.807, 2.05) is 0 Å². The molecule has 1 rings (SSSR count). The minimum atomic E-state index is -3.52. The molecule has 0 saturated carbocycles. The summed E-state index contributed by atoms with van der Waals surface area (Å²) in [7, 11) is -3.52. The second-order valence-corrected chi connectivity index (χ2v) is 6.93. The van der Waals surface area contributed by atoms with E-state index in [1.165, 1.54) is 0 Å². The normalized spacial score (nSPS) is 12.3. The van der Waals surface area contributed by atoms with Crippen molar-refractivity contribution in [1.82, 2.24) is 9.71 Å². The maximum absolute atomic E-state index is 12.0. The fourth-order valence-corrected chi connectivity index (χ4v) is 3.10. The molecule has 1 aromatic heterocycles. The van der Waals surface area contributed by atoms with Gasteiger partial charge in [0.05, 0.1) is 11.2 Å². The molecule has 0 atom stereocenters. The number of rotatable bonds is 9. The lowest BCUT2D eigenvalue weighted by molar-refractivity contribution is -0.149. The first kappa shape index (κ1) is 17.6. The number of sulfonamides is 1. The molecule has 6 nitrogen and oxygen atoms in total. The van der Waals surface area contributed by atoms with Gasteiger partial charge in [-0.2, -0.15) is 0 Å². The SMILES string of the molecule is CCC(CC)(CNS(=O)(=O)CCc1ccccn1)C(=O)O. The van der Waals surface area contributed by atoms with Crippen LogP contribution in [0.15, 0.2) is 24.4 Å². The lowest BCUT2D eigenvalue weighted by atomic mass is 9.83. The molecule has 0 radical (unpaired) electrons. The molecule has 0 aromatic carbocycles. The number of aliphatic carboxylic acids is 1. The van der Waals surface area contributed by atoms with Crippen molar-refractivity contribution in [1.29, 1.82) is 0 Å². The van der Waals surface area contributed by atoms with Crippen molar-refractivity contribution in [3.8, 4) is 0 Å². The first-order chi connectivity index (χ1) is 9.85. The summed E-state index contributed by atoms with van der Waals surface area (Å²) < 4.78 is 26.4. The van der Waals surface area contributed by atoms with Crippen molar-refractivity contribution in [3.63, 3.8) is 0 Å². The van der Waals surface area contributed by atoms with Crippen LogP contribution < -0.4 is 4.72 Å². The number of hydrogen-bond donors (Lipinski definition) is 2. The van der Waals surface area contributed by atoms with Crippen LogP contribution in [0.3, 0.4) is 0 Å². The monoisotopic (exact) mass is 314 g/mol. The molecule has 21 heavy (non-hydrogen) atoms. The van der Waals surface area contributed by atoms with Crippen molar-refractivity contribution in [2.45, 2.75) is 33.1 Å². The molecule has 1 heterocycles. The number of carboxylic acid groups (broad SMARTS) is 1. The van der Waals surface area contributed by atoms with E-state index in [2.05, 4.69) is 9.71 Å². The minimum Gasteiger partial charge on any atom is -0.481 e. The summed E-state index contributed by atoms with van der Waals surface area (Å²) >= 11 is 0. The van der Waals surface area contributed by atoms with Crippen molar-refractivity contribution in [2.24, 2.45) is 5.41 Å². The van der Waals surface area contributed by atoms with Gasteiger partial charge < -0.3 is 5.11 Å². The molecule has 0 fully saturated rings. The number of aryl methyl sites for hydroxylation is 1. The fraction of sp³-hybridized carbons (Fsp3) is 0.571. The third-order valence-electron chi connectivity index (χ3n) is 3.79. The van der Waals surface area contributed by atoms with Crippen LogP contribution in [0.25, 0.3) is 0 Å². The Hall–Kier alpha value is -1.47. The van der Waals surface area contributed by atoms with E-state index in [0.29, 0.717) is 25.0 Å². The molecule has 0 unspecified atom stereocenters. The number of aromatic nitrogens is 1. The number of hydrogen-bond acceptors (Lipinski definition) is 4. The molecule has 7 heteroatoms. The zero-order chi connectivity index (χ0) is 15.9. The Balaban J connectivity index is 2.62. The molecule has 0 spiro atoms. The summed E-state index contributed by atoms with van der Waals surface area (Å²) in [5, 5.41) is 9.28. The zero-order valence-electron chi connectivity index (χ0n) is 12.4. The second-order valence-electron chi connectivity index (χ2n) is 5.00. The summed E-state index contributed by atoms with van der Waals surface area (Å²) in [6.07, 6.45) is 2.66. The van der Waals surface area contributed by atoms with E-state index in [4.69, 9.17) is 0 Å². The third kappa shape index (κ3) is 5.09. The molecule has 0 aliphatic rings. The predicted molar refractivity (Wildman–Crippen MR) is 80.4 cm³/mol. The molecular formula is C14H22N2O4S. The van der Waals surface area contributed by atoms with Crippen LogP contribution in [0.2, 0.25) is 0 Å². The Kier molecular flexibility index (Phi) is 6.29. The van der Waals surface area contributed by atoms with Crippen LogP contribution in [0.1, 0.15) is 32.4 Å². The third-order valence-corrected chi connectivity index (χ3v) is 5.12. The van der Waals surface area contributed by atoms with Crippen LogP contribution >= 0.6 is 0 Å². The van der Waals surface area contributed by atoms with Gasteiger partial charge in [0, 0.05) is 24.9 Å². The first-order valence-corrected chi connectivity index (χ1v) is 8.61. The Morgan fingerprint density at radius 2 is 2.00 bits per heavy atom. The summed E-state index contributed by atoms with van der Waals surface area (Å²) in [5.74, 6) is -1.08. The molecular weight excluding hydrogens is 292 g/mol. The quantitative estimate of drug-likeness (QED) is 0.719. The molecule has 0 amide bonds. The average Bonchev–Trinajstić information content (AvgIpc) is 2.48. The zero-order valence-corrected chi connectivity index (χ0v) is 13.2. The largest absolute Gasteiger partial charge is 0.481 e. The van der Waals surface area contributed by atoms with Crippen molar-refractivity contribution >= 4 is 16.0 Å². The molecule has 0 saturated heterocycles. The summed E-state index contributed by atoms with van der Waals surface area (Å²) in [5.41, 5.74) is -0.351. The molecule has 2 N–H and O–H groups in total. The fourth-order valence-electron chi connectivity index (χ4n) is 1.98. The van der Waals surface area contributed by atoms with Crippen LogP contribution in [0.4, 0.5) is 0 Å². The highest BCUT2D eigenvalue weighted by atomic mass is 32.2. The highest BCUT2D eigenvalue weighted by molar-refractivity contribution is 7.89. The van der Waals surface area contributed by atoms with Crippen molar-refractivity contribution < 1.29 is 18.3 Å². The van der Waals surface area contributed by atoms with Gasteiger partial charge >= 0.3 is 5.97 Å². The number of nitrogens with zero attached hydrogens (tertiary/aromatic N) is 1. The Bertz CT molecular complexity index is 554. The van der Waals surface area contributed by atoms with E-state index >= 15 is 0 Å². The number of nitrogens with one attached hydrogen (secondary N) is 1. The number of carbonyl (C=O) groups is 1. The second kappa shape index (κ2) is 7.51. The molecule has 118 valence electrons. The first-order valence-electron chi connectivity index (χ1n) is 6.96. The van der Waals surface area contributed by atoms with Gasteiger partial charge in [-0.25, -0.2) is 13.1 Å². The van der Waals surface area contributed by atoms with Gasteiger partial charge in [-0.15, -0.1) is 0 Å². The van der Waals surface area contributed by atoms with E-state index in [-0.39, 0.29) is 12.3 Å². The van der Waals surface area contributed by atoms with Gasteiger partial charge in [-0.3, -0.25) is 9.78 Å². The topological polar surface area (TPSA) is 96.4 Å². The lowest BCUT2D eigenvalue weighted by Crippen LogP contribution is -2.43. The smallest absolute Gasteiger partial charge is 0.310 e. The maximum Gasteiger partial charge on any atom is 0.310 e. The summed E-state index contributed by atoms with van der Waals surface area (Å²) in [6.45, 7) is 3.42. The van der Waals surface area contributed by atoms with Gasteiger partial charge in [0.1, 0.15) is 0 Å². The molecule has 1 aromatic rings. The van der Waals surface area contributed by atoms with Gasteiger partial charge in [-0.05, 0) is 25.0 Å². The van der Waals surface area contributed by atoms with Gasteiger partial charge in [0.25, 0.3) is 0 Å². The van der Waals surface area contributed by atoms with Crippen molar-refractivity contribution in [2.75, 3.05) is 12.3 Å². The Morgan fingerprint density at radius 1 is 1.33 bits per heavy atom. The maximum atomic E-state index is 12.0. The molecule has 0 bridgehead atoms. The number of carboxylic acids is 1. The highest BCUT2D eigenvalue weighted by Crippen LogP contribution is 2.25. The van der Waals surface area contributed by atoms with E-state index in [0.717, 1.165) is 0 Å². The van der Waals surface area contributed by atoms with Gasteiger partial charge in [0.15, 0.2) is 0 Å². The van der Waals surface area contributed by atoms with E-state index in [9.17, 15) is 18.3 Å². The predicted octanol–water partition coefficient (Wildman–Crippen LogP) is 1.43. The summed E-state index contributed by atoms with van der Waals surface area (Å²) in [6, 6.07) is 5.32. The van der Waals surface area contributed by atoms with Gasteiger partial charge in [-0.1, -0.05) is 19.9 Å². The Labute approximate surface area is 125 Å². The van der Waals surface area contributed by atoms with Gasteiger partial charge in [0.2, 0.25) is 10.0 Å².